The molecule has 4 rings (SSSR count). The van der Waals surface area contributed by atoms with Crippen LogP contribution in [0.15, 0.2) is 39.7 Å². The molecule has 142 valence electrons. The number of hydrogen-bond donors (Lipinski definition) is 0. The highest BCUT2D eigenvalue weighted by Gasteiger charge is 2.33. The Hall–Kier alpha value is -2.67. The largest absolute Gasteiger partial charge is 0.420 e. The van der Waals surface area contributed by atoms with Crippen LogP contribution in [0.3, 0.4) is 0 Å². The molecule has 1 aromatic heterocycles. The fourth-order valence-electron chi connectivity index (χ4n) is 2.96. The van der Waals surface area contributed by atoms with E-state index in [9.17, 15) is 10.1 Å². The van der Waals surface area contributed by atoms with Gasteiger partial charge in [-0.1, -0.05) is 54.3 Å². The van der Waals surface area contributed by atoms with Crippen LogP contribution in [0, 0.1) is 11.3 Å². The van der Waals surface area contributed by atoms with Gasteiger partial charge >= 0.3 is 0 Å². The van der Waals surface area contributed by atoms with E-state index in [0.717, 1.165) is 5.56 Å². The summed E-state index contributed by atoms with van der Waals surface area (Å²) in [7, 11) is 0. The van der Waals surface area contributed by atoms with Gasteiger partial charge in [0.25, 0.3) is 5.91 Å². The predicted molar refractivity (Wildman–Crippen MR) is 109 cm³/mol. The number of anilines is 1. The summed E-state index contributed by atoms with van der Waals surface area (Å²) in [6, 6.07) is 11.7. The van der Waals surface area contributed by atoms with Crippen LogP contribution in [0.25, 0.3) is 6.08 Å². The summed E-state index contributed by atoms with van der Waals surface area (Å²) in [5, 5.41) is 9.37. The molecule has 0 unspecified atom stereocenters. The van der Waals surface area contributed by atoms with E-state index in [-0.39, 0.29) is 17.5 Å². The first-order chi connectivity index (χ1) is 13.7. The zero-order chi connectivity index (χ0) is 19.5. The monoisotopic (exact) mass is 412 g/mol. The summed E-state index contributed by atoms with van der Waals surface area (Å²) in [5.74, 6) is 0.443. The normalized spacial score (nSPS) is 18.8. The first-order valence-electron chi connectivity index (χ1n) is 8.68. The van der Waals surface area contributed by atoms with Gasteiger partial charge in [0.1, 0.15) is 10.4 Å². The van der Waals surface area contributed by atoms with Crippen molar-refractivity contribution in [2.24, 2.45) is 0 Å². The quantitative estimate of drug-likeness (QED) is 0.560. The molecule has 0 bridgehead atoms. The van der Waals surface area contributed by atoms with Crippen molar-refractivity contribution in [1.82, 2.24) is 9.88 Å². The van der Waals surface area contributed by atoms with E-state index in [1.807, 2.05) is 35.2 Å². The molecule has 2 fully saturated rings. The summed E-state index contributed by atoms with van der Waals surface area (Å²) >= 11 is 6.57. The maximum Gasteiger partial charge on any atom is 0.266 e. The van der Waals surface area contributed by atoms with Gasteiger partial charge in [-0.2, -0.15) is 10.2 Å². The van der Waals surface area contributed by atoms with Crippen molar-refractivity contribution in [3.05, 3.63) is 52.4 Å². The second-order valence-corrected chi connectivity index (χ2v) is 7.85. The van der Waals surface area contributed by atoms with Gasteiger partial charge in [0.05, 0.1) is 24.7 Å². The van der Waals surface area contributed by atoms with Gasteiger partial charge in [-0.15, -0.1) is 0 Å². The summed E-state index contributed by atoms with van der Waals surface area (Å²) in [6.45, 7) is 2.81. The molecule has 2 saturated heterocycles. The number of ether oxygens (including phenoxy) is 1. The van der Waals surface area contributed by atoms with Crippen LogP contribution in [0.2, 0.25) is 0 Å². The molecular formula is C19H16N4O3S2. The molecular weight excluding hydrogens is 396 g/mol. The van der Waals surface area contributed by atoms with Crippen LogP contribution in [-0.4, -0.2) is 46.4 Å². The molecule has 7 nitrogen and oxygen atoms in total. The molecule has 0 atom stereocenters. The lowest BCUT2D eigenvalue weighted by molar-refractivity contribution is -0.122. The Morgan fingerprint density at radius 3 is 2.75 bits per heavy atom. The van der Waals surface area contributed by atoms with Gasteiger partial charge in [0, 0.05) is 19.2 Å². The standard InChI is InChI=1S/C19H16N4O3S2/c20-11-14-18(22-6-8-25-9-7-22)26-16(21-14)10-15-17(24)23(19(27)28-15)12-13-4-2-1-3-5-13/h1-5,10H,6-9,12H2/b15-10+. The van der Waals surface area contributed by atoms with E-state index >= 15 is 0 Å². The summed E-state index contributed by atoms with van der Waals surface area (Å²) in [6.07, 6.45) is 1.55. The maximum absolute atomic E-state index is 12.8. The van der Waals surface area contributed by atoms with Crippen LogP contribution in [0.5, 0.6) is 0 Å². The Kier molecular flexibility index (Phi) is 5.43. The smallest absolute Gasteiger partial charge is 0.266 e. The van der Waals surface area contributed by atoms with E-state index < -0.39 is 0 Å². The minimum atomic E-state index is -0.191. The number of hydrogen-bond acceptors (Lipinski definition) is 8. The van der Waals surface area contributed by atoms with E-state index in [1.54, 1.807) is 11.0 Å². The first-order valence-corrected chi connectivity index (χ1v) is 9.91. The number of amides is 1. The summed E-state index contributed by atoms with van der Waals surface area (Å²) in [5.41, 5.74) is 1.20. The Balaban J connectivity index is 1.56. The number of benzene rings is 1. The Morgan fingerprint density at radius 1 is 1.29 bits per heavy atom. The zero-order valence-electron chi connectivity index (χ0n) is 14.8. The lowest BCUT2D eigenvalue weighted by atomic mass is 10.2. The minimum absolute atomic E-state index is 0.191. The molecule has 3 heterocycles. The Bertz CT molecular complexity index is 975. The highest BCUT2D eigenvalue weighted by molar-refractivity contribution is 8.26. The highest BCUT2D eigenvalue weighted by Crippen LogP contribution is 2.34. The summed E-state index contributed by atoms with van der Waals surface area (Å²) in [4.78, 5) is 20.9. The van der Waals surface area contributed by atoms with Crippen molar-refractivity contribution in [3.8, 4) is 6.07 Å². The van der Waals surface area contributed by atoms with Crippen LogP contribution in [0.4, 0.5) is 5.88 Å². The molecule has 0 saturated carbocycles. The first kappa shape index (κ1) is 18.7. The number of thioether (sulfide) groups is 1. The van der Waals surface area contributed by atoms with Gasteiger partial charge in [-0.3, -0.25) is 9.69 Å². The minimum Gasteiger partial charge on any atom is -0.420 e. The molecule has 1 aromatic carbocycles. The summed E-state index contributed by atoms with van der Waals surface area (Å²) < 4.78 is 11.6. The highest BCUT2D eigenvalue weighted by atomic mass is 32.2. The number of aromatic nitrogens is 1. The van der Waals surface area contributed by atoms with Gasteiger partial charge < -0.3 is 14.1 Å². The molecule has 0 radical (unpaired) electrons. The van der Waals surface area contributed by atoms with Crippen molar-refractivity contribution in [1.29, 1.82) is 5.26 Å². The molecule has 28 heavy (non-hydrogen) atoms. The molecule has 0 spiro atoms. The van der Waals surface area contributed by atoms with E-state index in [4.69, 9.17) is 21.4 Å². The van der Waals surface area contributed by atoms with Gasteiger partial charge in [0.15, 0.2) is 0 Å². The predicted octanol–water partition coefficient (Wildman–Crippen LogP) is 2.78. The Labute approximate surface area is 171 Å². The van der Waals surface area contributed by atoms with Crippen LogP contribution in [0.1, 0.15) is 17.1 Å². The van der Waals surface area contributed by atoms with Crippen molar-refractivity contribution < 1.29 is 13.9 Å². The number of thiocarbonyl (C=S) groups is 1. The van der Waals surface area contributed by atoms with Crippen molar-refractivity contribution in [2.75, 3.05) is 31.2 Å². The number of nitrogens with zero attached hydrogens (tertiary/aromatic N) is 4. The molecule has 9 heteroatoms. The molecule has 0 N–H and O–H groups in total. The fourth-order valence-corrected chi connectivity index (χ4v) is 4.18. The van der Waals surface area contributed by atoms with Gasteiger partial charge in [0.2, 0.25) is 17.5 Å². The van der Waals surface area contributed by atoms with Crippen LogP contribution < -0.4 is 4.90 Å². The fraction of sp³-hybridized carbons (Fsp3) is 0.263. The van der Waals surface area contributed by atoms with Crippen molar-refractivity contribution in [2.45, 2.75) is 6.54 Å². The second kappa shape index (κ2) is 8.14. The number of morpholine rings is 1. The average molecular weight is 412 g/mol. The molecule has 2 aliphatic heterocycles. The molecule has 0 aliphatic carbocycles. The van der Waals surface area contributed by atoms with Gasteiger partial charge in [-0.05, 0) is 5.56 Å². The van der Waals surface area contributed by atoms with E-state index in [0.29, 0.717) is 48.0 Å². The molecule has 1 amide bonds. The molecule has 2 aliphatic rings. The lowest BCUT2D eigenvalue weighted by Crippen LogP contribution is -2.36. The number of carbonyl (C=O) groups excluding carboxylic acids is 1. The number of oxazole rings is 1. The molecule has 2 aromatic rings. The van der Waals surface area contributed by atoms with E-state index in [1.165, 1.54) is 11.8 Å². The maximum atomic E-state index is 12.8. The van der Waals surface area contributed by atoms with Crippen molar-refractivity contribution in [3.63, 3.8) is 0 Å². The SMILES string of the molecule is N#Cc1nc(/C=C2/SC(=S)N(Cc3ccccc3)C2=O)oc1N1CCOCC1. The van der Waals surface area contributed by atoms with E-state index in [2.05, 4.69) is 11.1 Å². The topological polar surface area (TPSA) is 82.6 Å². The third-order valence-electron chi connectivity index (χ3n) is 4.34. The third kappa shape index (κ3) is 3.80. The number of nitriles is 1. The van der Waals surface area contributed by atoms with Crippen LogP contribution in [-0.2, 0) is 16.1 Å². The third-order valence-corrected chi connectivity index (χ3v) is 5.72. The average Bonchev–Trinajstić information content (AvgIpc) is 3.25. The number of carbonyl (C=O) groups is 1. The van der Waals surface area contributed by atoms with Crippen molar-refractivity contribution >= 4 is 46.2 Å². The van der Waals surface area contributed by atoms with Gasteiger partial charge in [-0.25, -0.2) is 0 Å². The second-order valence-electron chi connectivity index (χ2n) is 6.17. The number of rotatable bonds is 4. The lowest BCUT2D eigenvalue weighted by Gasteiger charge is -2.25. The zero-order valence-corrected chi connectivity index (χ0v) is 16.5. The Morgan fingerprint density at radius 2 is 2.04 bits per heavy atom. The van der Waals surface area contributed by atoms with Crippen LogP contribution >= 0.6 is 24.0 Å².